The van der Waals surface area contributed by atoms with Gasteiger partial charge in [-0.05, 0) is 51.4 Å². The lowest BCUT2D eigenvalue weighted by Crippen LogP contribution is -2.49. The number of likely N-dealkylation sites (tertiary alicyclic amines) is 1. The average molecular weight is 520 g/mol. The van der Waals surface area contributed by atoms with E-state index in [0.29, 0.717) is 13.1 Å². The fourth-order valence-electron chi connectivity index (χ4n) is 6.22. The first kappa shape index (κ1) is 27.4. The predicted octanol–water partition coefficient (Wildman–Crippen LogP) is 3.14. The molecule has 0 spiro atoms. The highest BCUT2D eigenvalue weighted by molar-refractivity contribution is 7.88. The lowest BCUT2D eigenvalue weighted by molar-refractivity contribution is 0.103. The second kappa shape index (κ2) is 12.2. The maximum atomic E-state index is 13.8. The van der Waals surface area contributed by atoms with Crippen molar-refractivity contribution in [1.29, 1.82) is 0 Å². The Morgan fingerprint density at radius 2 is 1.67 bits per heavy atom. The normalized spacial score (nSPS) is 23.2. The molecule has 2 heterocycles. The number of sulfonamides is 1. The van der Waals surface area contributed by atoms with E-state index in [1.165, 1.54) is 51.2 Å². The minimum atomic E-state index is -3.31. The van der Waals surface area contributed by atoms with Crippen LogP contribution in [-0.4, -0.2) is 80.4 Å². The molecule has 0 amide bonds. The van der Waals surface area contributed by atoms with Gasteiger partial charge in [-0.3, -0.25) is 9.13 Å². The van der Waals surface area contributed by atoms with Crippen LogP contribution in [0, 0.1) is 11.8 Å². The van der Waals surface area contributed by atoms with Crippen LogP contribution in [0.15, 0.2) is 29.1 Å². The van der Waals surface area contributed by atoms with E-state index in [0.717, 1.165) is 49.6 Å². The molecule has 2 aliphatic rings. The summed E-state index contributed by atoms with van der Waals surface area (Å²) in [7, 11) is 0.719. The van der Waals surface area contributed by atoms with Crippen molar-refractivity contribution in [2.24, 2.45) is 11.8 Å². The van der Waals surface area contributed by atoms with Crippen molar-refractivity contribution in [3.05, 3.63) is 34.7 Å². The molecule has 9 heteroatoms. The number of nitrogens with zero attached hydrogens (tertiary/aromatic N) is 4. The van der Waals surface area contributed by atoms with Crippen molar-refractivity contribution in [2.45, 2.75) is 64.0 Å². The van der Waals surface area contributed by atoms with E-state index >= 15 is 0 Å². The number of para-hydroxylation sites is 2. The summed E-state index contributed by atoms with van der Waals surface area (Å²) in [5, 5.41) is 0. The topological polar surface area (TPSA) is 79.6 Å². The summed E-state index contributed by atoms with van der Waals surface area (Å²) < 4.78 is 30.6. The number of hydrogen-bond donors (Lipinski definition) is 1. The molecule has 4 rings (SSSR count). The standard InChI is InChI=1S/C27H45N5O3S/c1-29(2)17-18-31-25-13-9-10-14-26(25)32(27(31)33)24-15-16-30(21-23(24)19-28-36(3,34)35)20-22-11-7-5-4-6-8-12-22/h9-10,13-14,22-24,28H,4-8,11-12,15-21H2,1-3H3. The third kappa shape index (κ3) is 7.00. The number of fused-ring (bicyclic) bond motifs is 1. The third-order valence-electron chi connectivity index (χ3n) is 8.10. The molecule has 2 fully saturated rings. The zero-order valence-corrected chi connectivity index (χ0v) is 23.2. The van der Waals surface area contributed by atoms with Crippen LogP contribution >= 0.6 is 0 Å². The van der Waals surface area contributed by atoms with E-state index in [-0.39, 0.29) is 17.6 Å². The summed E-state index contributed by atoms with van der Waals surface area (Å²) in [6, 6.07) is 7.99. The summed E-state index contributed by atoms with van der Waals surface area (Å²) in [5.74, 6) is 0.758. The highest BCUT2D eigenvalue weighted by atomic mass is 32.2. The first-order chi connectivity index (χ1) is 17.2. The summed E-state index contributed by atoms with van der Waals surface area (Å²) in [6.07, 6.45) is 11.4. The Balaban J connectivity index is 1.60. The smallest absolute Gasteiger partial charge is 0.308 e. The van der Waals surface area contributed by atoms with Crippen LogP contribution in [0.25, 0.3) is 11.0 Å². The lowest BCUT2D eigenvalue weighted by Gasteiger charge is -2.40. The van der Waals surface area contributed by atoms with Crippen molar-refractivity contribution in [3.8, 4) is 0 Å². The number of likely N-dealkylation sites (N-methyl/N-ethyl adjacent to an activating group) is 1. The second-order valence-corrected chi connectivity index (χ2v) is 13.1. The molecule has 2 unspecified atom stereocenters. The second-order valence-electron chi connectivity index (χ2n) is 11.3. The van der Waals surface area contributed by atoms with Gasteiger partial charge in [-0.15, -0.1) is 0 Å². The summed E-state index contributed by atoms with van der Waals surface area (Å²) in [4.78, 5) is 18.4. The molecule has 2 atom stereocenters. The van der Waals surface area contributed by atoms with Gasteiger partial charge >= 0.3 is 5.69 Å². The lowest BCUT2D eigenvalue weighted by atomic mass is 9.88. The predicted molar refractivity (Wildman–Crippen MR) is 147 cm³/mol. The molecule has 1 aliphatic heterocycles. The number of imidazole rings is 1. The third-order valence-corrected chi connectivity index (χ3v) is 8.79. The molecule has 1 aromatic heterocycles. The van der Waals surface area contributed by atoms with Crippen molar-refractivity contribution in [2.75, 3.05) is 53.1 Å². The van der Waals surface area contributed by atoms with Gasteiger partial charge in [-0.25, -0.2) is 17.9 Å². The Morgan fingerprint density at radius 1 is 1.00 bits per heavy atom. The maximum Gasteiger partial charge on any atom is 0.329 e. The molecule has 36 heavy (non-hydrogen) atoms. The molecule has 0 bridgehead atoms. The fraction of sp³-hybridized carbons (Fsp3) is 0.741. The Hall–Kier alpha value is -1.68. The van der Waals surface area contributed by atoms with Crippen LogP contribution in [0.5, 0.6) is 0 Å². The Morgan fingerprint density at radius 3 is 2.33 bits per heavy atom. The Labute approximate surface area is 216 Å². The summed E-state index contributed by atoms with van der Waals surface area (Å²) in [5.41, 5.74) is 1.92. The molecule has 202 valence electrons. The number of piperidine rings is 1. The number of nitrogens with one attached hydrogen (secondary N) is 1. The zero-order valence-electron chi connectivity index (χ0n) is 22.4. The van der Waals surface area contributed by atoms with E-state index in [2.05, 4.69) is 14.5 Å². The SMILES string of the molecule is CN(C)CCn1c(=O)n(C2CCN(CC3CCCCCCC3)CC2CNS(C)(=O)=O)c2ccccc21. The number of rotatable bonds is 9. The number of aromatic nitrogens is 2. The molecule has 1 aromatic carbocycles. The summed E-state index contributed by atoms with van der Waals surface area (Å²) in [6.45, 7) is 4.61. The van der Waals surface area contributed by atoms with Crippen molar-refractivity contribution < 1.29 is 8.42 Å². The highest BCUT2D eigenvalue weighted by Gasteiger charge is 2.34. The highest BCUT2D eigenvalue weighted by Crippen LogP contribution is 2.32. The minimum absolute atomic E-state index is 0.0147. The molecule has 1 saturated heterocycles. The monoisotopic (exact) mass is 519 g/mol. The van der Waals surface area contributed by atoms with Gasteiger partial charge in [0.2, 0.25) is 10.0 Å². The largest absolute Gasteiger partial charge is 0.329 e. The van der Waals surface area contributed by atoms with Crippen LogP contribution < -0.4 is 10.4 Å². The maximum absolute atomic E-state index is 13.8. The van der Waals surface area contributed by atoms with E-state index in [1.807, 2.05) is 47.5 Å². The first-order valence-electron chi connectivity index (χ1n) is 13.7. The summed E-state index contributed by atoms with van der Waals surface area (Å²) >= 11 is 0. The first-order valence-corrected chi connectivity index (χ1v) is 15.6. The fourth-order valence-corrected chi connectivity index (χ4v) is 6.73. The molecular weight excluding hydrogens is 474 g/mol. The van der Waals surface area contributed by atoms with Crippen LogP contribution in [-0.2, 0) is 16.6 Å². The molecule has 1 N–H and O–H groups in total. The quantitative estimate of drug-likeness (QED) is 0.551. The molecule has 1 aliphatic carbocycles. The van der Waals surface area contributed by atoms with Gasteiger partial charge < -0.3 is 9.80 Å². The minimum Gasteiger partial charge on any atom is -0.308 e. The molecule has 8 nitrogen and oxygen atoms in total. The average Bonchev–Trinajstić information content (AvgIpc) is 3.08. The van der Waals surface area contributed by atoms with Crippen LogP contribution in [0.3, 0.4) is 0 Å². The van der Waals surface area contributed by atoms with Gasteiger partial charge in [0.05, 0.1) is 17.3 Å². The van der Waals surface area contributed by atoms with Gasteiger partial charge in [0.1, 0.15) is 0 Å². The van der Waals surface area contributed by atoms with E-state index in [1.54, 1.807) is 0 Å². The molecule has 0 radical (unpaired) electrons. The molecular formula is C27H45N5O3S. The van der Waals surface area contributed by atoms with Crippen molar-refractivity contribution in [3.63, 3.8) is 0 Å². The van der Waals surface area contributed by atoms with Gasteiger partial charge in [0.25, 0.3) is 0 Å². The van der Waals surface area contributed by atoms with Gasteiger partial charge in [-0.1, -0.05) is 44.2 Å². The number of hydrogen-bond acceptors (Lipinski definition) is 5. The van der Waals surface area contributed by atoms with Gasteiger partial charge in [0, 0.05) is 51.2 Å². The van der Waals surface area contributed by atoms with Crippen LogP contribution in [0.4, 0.5) is 0 Å². The van der Waals surface area contributed by atoms with Crippen LogP contribution in [0.1, 0.15) is 57.4 Å². The van der Waals surface area contributed by atoms with E-state index in [4.69, 9.17) is 0 Å². The molecule has 1 saturated carbocycles. The Bertz CT molecular complexity index is 1150. The Kier molecular flexibility index (Phi) is 9.30. The van der Waals surface area contributed by atoms with E-state index < -0.39 is 10.0 Å². The van der Waals surface area contributed by atoms with Crippen molar-refractivity contribution in [1.82, 2.24) is 23.7 Å². The van der Waals surface area contributed by atoms with Gasteiger partial charge in [-0.2, -0.15) is 0 Å². The van der Waals surface area contributed by atoms with E-state index in [9.17, 15) is 13.2 Å². The van der Waals surface area contributed by atoms with Gasteiger partial charge in [0.15, 0.2) is 0 Å². The van der Waals surface area contributed by atoms with Crippen LogP contribution in [0.2, 0.25) is 0 Å². The molecule has 2 aromatic rings. The van der Waals surface area contributed by atoms with Crippen molar-refractivity contribution >= 4 is 21.1 Å². The zero-order chi connectivity index (χ0) is 25.7. The number of benzene rings is 1.